The molecule has 20 heavy (non-hydrogen) atoms. The lowest BCUT2D eigenvalue weighted by atomic mass is 10.2. The van der Waals surface area contributed by atoms with Gasteiger partial charge in [0.25, 0.3) is 5.91 Å². The molecule has 0 aliphatic heterocycles. The monoisotopic (exact) mass is 277 g/mol. The zero-order valence-electron chi connectivity index (χ0n) is 11.5. The standard InChI is InChI=1S/C14H15NO5/c1-8-4-5-12(19-8)13(16)15(3)7-10-6-11(14(17)18)9(2)20-10/h4-6H,7H2,1-3H3,(H,17,18). The van der Waals surface area contributed by atoms with Crippen LogP contribution in [0.2, 0.25) is 0 Å². The van der Waals surface area contributed by atoms with Gasteiger partial charge in [-0.05, 0) is 32.0 Å². The second-order valence-electron chi connectivity index (χ2n) is 4.56. The van der Waals surface area contributed by atoms with E-state index in [0.29, 0.717) is 17.3 Å². The Balaban J connectivity index is 2.11. The third kappa shape index (κ3) is 2.74. The molecule has 0 unspecified atom stereocenters. The summed E-state index contributed by atoms with van der Waals surface area (Å²) in [5.41, 5.74) is 0.106. The Morgan fingerprint density at radius 1 is 1.25 bits per heavy atom. The number of amides is 1. The smallest absolute Gasteiger partial charge is 0.339 e. The Hall–Kier alpha value is -2.50. The third-order valence-corrected chi connectivity index (χ3v) is 2.89. The maximum atomic E-state index is 12.1. The summed E-state index contributed by atoms with van der Waals surface area (Å²) in [6.45, 7) is 3.50. The Kier molecular flexibility index (Phi) is 3.65. The zero-order valence-corrected chi connectivity index (χ0v) is 11.5. The SMILES string of the molecule is Cc1ccc(C(=O)N(C)Cc2cc(C(=O)O)c(C)o2)o1. The predicted octanol–water partition coefficient (Wildman–Crippen LogP) is 2.46. The van der Waals surface area contributed by atoms with Crippen LogP contribution in [0, 0.1) is 13.8 Å². The number of hydrogen-bond acceptors (Lipinski definition) is 4. The van der Waals surface area contributed by atoms with E-state index in [4.69, 9.17) is 13.9 Å². The highest BCUT2D eigenvalue weighted by Crippen LogP contribution is 2.17. The Labute approximate surface area is 115 Å². The summed E-state index contributed by atoms with van der Waals surface area (Å²) in [5.74, 6) is 0.300. The Morgan fingerprint density at radius 3 is 2.45 bits per heavy atom. The number of rotatable bonds is 4. The highest BCUT2D eigenvalue weighted by Gasteiger charge is 2.19. The van der Waals surface area contributed by atoms with Crippen LogP contribution in [-0.2, 0) is 6.54 Å². The van der Waals surface area contributed by atoms with Crippen molar-refractivity contribution in [3.8, 4) is 0 Å². The van der Waals surface area contributed by atoms with Gasteiger partial charge in [-0.1, -0.05) is 0 Å². The molecule has 1 N–H and O–H groups in total. The molecule has 0 saturated heterocycles. The van der Waals surface area contributed by atoms with E-state index >= 15 is 0 Å². The summed E-state index contributed by atoms with van der Waals surface area (Å²) < 4.78 is 10.6. The Bertz CT molecular complexity index is 652. The molecular weight excluding hydrogens is 262 g/mol. The van der Waals surface area contributed by atoms with Crippen molar-refractivity contribution in [2.24, 2.45) is 0 Å². The summed E-state index contributed by atoms with van der Waals surface area (Å²) in [6.07, 6.45) is 0. The van der Waals surface area contributed by atoms with E-state index < -0.39 is 5.97 Å². The number of hydrogen-bond donors (Lipinski definition) is 1. The van der Waals surface area contributed by atoms with Crippen molar-refractivity contribution < 1.29 is 23.5 Å². The van der Waals surface area contributed by atoms with E-state index in [1.807, 2.05) is 0 Å². The van der Waals surface area contributed by atoms with Crippen LogP contribution in [0.15, 0.2) is 27.0 Å². The quantitative estimate of drug-likeness (QED) is 0.928. The number of nitrogens with zero attached hydrogens (tertiary/aromatic N) is 1. The van der Waals surface area contributed by atoms with Gasteiger partial charge in [-0.2, -0.15) is 0 Å². The molecule has 0 radical (unpaired) electrons. The van der Waals surface area contributed by atoms with Crippen molar-refractivity contribution in [3.05, 3.63) is 46.8 Å². The second-order valence-corrected chi connectivity index (χ2v) is 4.56. The maximum Gasteiger partial charge on any atom is 0.339 e. The molecule has 2 heterocycles. The molecular formula is C14H15NO5. The van der Waals surface area contributed by atoms with Crippen molar-refractivity contribution in [2.75, 3.05) is 7.05 Å². The normalized spacial score (nSPS) is 10.6. The molecule has 0 aliphatic rings. The van der Waals surface area contributed by atoms with Gasteiger partial charge in [-0.15, -0.1) is 0 Å². The first kappa shape index (κ1) is 13.9. The average molecular weight is 277 g/mol. The highest BCUT2D eigenvalue weighted by molar-refractivity contribution is 5.91. The van der Waals surface area contributed by atoms with E-state index in [0.717, 1.165) is 0 Å². The maximum absolute atomic E-state index is 12.1. The highest BCUT2D eigenvalue weighted by atomic mass is 16.4. The molecule has 2 aromatic heterocycles. The van der Waals surface area contributed by atoms with Gasteiger partial charge >= 0.3 is 5.97 Å². The van der Waals surface area contributed by atoms with Crippen molar-refractivity contribution in [3.63, 3.8) is 0 Å². The van der Waals surface area contributed by atoms with Crippen LogP contribution >= 0.6 is 0 Å². The lowest BCUT2D eigenvalue weighted by Crippen LogP contribution is -2.25. The molecule has 0 bridgehead atoms. The molecule has 6 nitrogen and oxygen atoms in total. The van der Waals surface area contributed by atoms with Crippen LogP contribution in [0.5, 0.6) is 0 Å². The van der Waals surface area contributed by atoms with E-state index in [-0.39, 0.29) is 23.8 Å². The molecule has 2 aromatic rings. The first-order valence-corrected chi connectivity index (χ1v) is 6.03. The molecule has 0 saturated carbocycles. The zero-order chi connectivity index (χ0) is 14.9. The number of carboxylic acid groups (broad SMARTS) is 1. The molecule has 0 aliphatic carbocycles. The van der Waals surface area contributed by atoms with Crippen LogP contribution in [0.1, 0.15) is 38.2 Å². The average Bonchev–Trinajstić information content (AvgIpc) is 2.94. The van der Waals surface area contributed by atoms with Gasteiger partial charge in [0.2, 0.25) is 0 Å². The molecule has 1 amide bonds. The molecule has 0 spiro atoms. The number of carbonyl (C=O) groups is 2. The summed E-state index contributed by atoms with van der Waals surface area (Å²) >= 11 is 0. The lowest BCUT2D eigenvalue weighted by Gasteiger charge is -2.13. The fraction of sp³-hybridized carbons (Fsp3) is 0.286. The summed E-state index contributed by atoms with van der Waals surface area (Å²) in [4.78, 5) is 24.4. The van der Waals surface area contributed by atoms with Gasteiger partial charge < -0.3 is 18.8 Å². The predicted molar refractivity (Wildman–Crippen MR) is 69.6 cm³/mol. The van der Waals surface area contributed by atoms with Gasteiger partial charge in [0.05, 0.1) is 6.54 Å². The fourth-order valence-electron chi connectivity index (χ4n) is 1.88. The summed E-state index contributed by atoms with van der Waals surface area (Å²) in [5, 5.41) is 8.95. The fourth-order valence-corrected chi connectivity index (χ4v) is 1.88. The minimum Gasteiger partial charge on any atom is -0.478 e. The van der Waals surface area contributed by atoms with E-state index in [1.165, 1.54) is 11.0 Å². The lowest BCUT2D eigenvalue weighted by molar-refractivity contribution is 0.0693. The van der Waals surface area contributed by atoms with Crippen molar-refractivity contribution in [2.45, 2.75) is 20.4 Å². The first-order valence-electron chi connectivity index (χ1n) is 6.03. The van der Waals surface area contributed by atoms with Gasteiger partial charge in [0, 0.05) is 7.05 Å². The molecule has 0 fully saturated rings. The Morgan fingerprint density at radius 2 is 1.95 bits per heavy atom. The third-order valence-electron chi connectivity index (χ3n) is 2.89. The van der Waals surface area contributed by atoms with Crippen molar-refractivity contribution >= 4 is 11.9 Å². The molecule has 106 valence electrons. The largest absolute Gasteiger partial charge is 0.478 e. The summed E-state index contributed by atoms with van der Waals surface area (Å²) in [7, 11) is 1.60. The van der Waals surface area contributed by atoms with E-state index in [9.17, 15) is 9.59 Å². The van der Waals surface area contributed by atoms with Gasteiger partial charge in [0.15, 0.2) is 5.76 Å². The van der Waals surface area contributed by atoms with Crippen LogP contribution < -0.4 is 0 Å². The summed E-state index contributed by atoms with van der Waals surface area (Å²) in [6, 6.07) is 4.74. The number of carboxylic acids is 1. The van der Waals surface area contributed by atoms with Crippen molar-refractivity contribution in [1.29, 1.82) is 0 Å². The number of carbonyl (C=O) groups excluding carboxylic acids is 1. The van der Waals surface area contributed by atoms with Gasteiger partial charge in [-0.3, -0.25) is 4.79 Å². The molecule has 6 heteroatoms. The van der Waals surface area contributed by atoms with Gasteiger partial charge in [-0.25, -0.2) is 4.79 Å². The first-order chi connectivity index (χ1) is 9.38. The van der Waals surface area contributed by atoms with Crippen LogP contribution in [0.3, 0.4) is 0 Å². The van der Waals surface area contributed by atoms with Crippen LogP contribution in [0.25, 0.3) is 0 Å². The molecule has 2 rings (SSSR count). The molecule has 0 aromatic carbocycles. The number of furan rings is 2. The van der Waals surface area contributed by atoms with Crippen molar-refractivity contribution in [1.82, 2.24) is 4.90 Å². The minimum atomic E-state index is -1.05. The number of aryl methyl sites for hydroxylation is 2. The topological polar surface area (TPSA) is 83.9 Å². The minimum absolute atomic E-state index is 0.106. The van der Waals surface area contributed by atoms with Gasteiger partial charge in [0.1, 0.15) is 22.8 Å². The van der Waals surface area contributed by atoms with Crippen LogP contribution in [-0.4, -0.2) is 28.9 Å². The van der Waals surface area contributed by atoms with E-state index in [2.05, 4.69) is 0 Å². The van der Waals surface area contributed by atoms with E-state index in [1.54, 1.807) is 33.0 Å². The molecule has 0 atom stereocenters. The number of aromatic carboxylic acids is 1. The second kappa shape index (κ2) is 5.24. The van der Waals surface area contributed by atoms with Crippen LogP contribution in [0.4, 0.5) is 0 Å².